The summed E-state index contributed by atoms with van der Waals surface area (Å²) in [7, 11) is 0. The van der Waals surface area contributed by atoms with E-state index in [1.807, 2.05) is 0 Å². The van der Waals surface area contributed by atoms with E-state index >= 15 is 0 Å². The highest BCUT2D eigenvalue weighted by molar-refractivity contribution is 5.92. The summed E-state index contributed by atoms with van der Waals surface area (Å²) >= 11 is 0. The van der Waals surface area contributed by atoms with E-state index < -0.39 is 5.97 Å². The van der Waals surface area contributed by atoms with Crippen molar-refractivity contribution in [3.63, 3.8) is 0 Å². The molecule has 0 aliphatic heterocycles. The second-order valence-electron chi connectivity index (χ2n) is 4.67. The summed E-state index contributed by atoms with van der Waals surface area (Å²) in [5.74, 6) is -0.362. The van der Waals surface area contributed by atoms with E-state index in [2.05, 4.69) is 15.5 Å². The molecule has 1 aliphatic carbocycles. The van der Waals surface area contributed by atoms with Crippen LogP contribution in [0.5, 0.6) is 0 Å². The van der Waals surface area contributed by atoms with Gasteiger partial charge in [-0.15, -0.1) is 5.10 Å². The Morgan fingerprint density at radius 1 is 1.50 bits per heavy atom. The third-order valence-electron chi connectivity index (χ3n) is 3.26. The standard InChI is InChI=1S/C12H17N3O3/c16-9-3-1-2-8(6-9)7-13-11-10(12(17)18)4-5-14-15-11/h4-5,8-9,16H,1-3,6-7H2,(H,13,15)(H,17,18). The monoisotopic (exact) mass is 251 g/mol. The van der Waals surface area contributed by atoms with Crippen LogP contribution in [0.25, 0.3) is 0 Å². The van der Waals surface area contributed by atoms with Gasteiger partial charge in [0.15, 0.2) is 5.82 Å². The van der Waals surface area contributed by atoms with Crippen LogP contribution in [0.1, 0.15) is 36.0 Å². The number of carboxylic acid groups (broad SMARTS) is 1. The van der Waals surface area contributed by atoms with E-state index in [4.69, 9.17) is 5.11 Å². The lowest BCUT2D eigenvalue weighted by molar-refractivity contribution is 0.0697. The minimum atomic E-state index is -1.02. The van der Waals surface area contributed by atoms with Gasteiger partial charge in [0.05, 0.1) is 12.3 Å². The molecule has 18 heavy (non-hydrogen) atoms. The molecular weight excluding hydrogens is 234 g/mol. The number of carbonyl (C=O) groups is 1. The van der Waals surface area contributed by atoms with Crippen molar-refractivity contribution in [2.45, 2.75) is 31.8 Å². The van der Waals surface area contributed by atoms with Gasteiger partial charge in [-0.2, -0.15) is 5.10 Å². The van der Waals surface area contributed by atoms with Gasteiger partial charge in [-0.3, -0.25) is 0 Å². The van der Waals surface area contributed by atoms with Crippen molar-refractivity contribution in [3.8, 4) is 0 Å². The van der Waals surface area contributed by atoms with Crippen LogP contribution in [-0.2, 0) is 0 Å². The number of nitrogens with zero attached hydrogens (tertiary/aromatic N) is 2. The van der Waals surface area contributed by atoms with Gasteiger partial charge in [-0.25, -0.2) is 4.79 Å². The van der Waals surface area contributed by atoms with Crippen molar-refractivity contribution in [1.82, 2.24) is 10.2 Å². The number of aromatic nitrogens is 2. The van der Waals surface area contributed by atoms with Crippen LogP contribution in [-0.4, -0.2) is 39.0 Å². The number of aromatic carboxylic acids is 1. The maximum absolute atomic E-state index is 11.0. The zero-order chi connectivity index (χ0) is 13.0. The molecule has 98 valence electrons. The maximum atomic E-state index is 11.0. The highest BCUT2D eigenvalue weighted by Crippen LogP contribution is 2.24. The molecule has 1 aromatic rings. The Kier molecular flexibility index (Phi) is 4.09. The highest BCUT2D eigenvalue weighted by Gasteiger charge is 2.20. The number of aliphatic hydroxyl groups excluding tert-OH is 1. The first-order valence-corrected chi connectivity index (χ1v) is 6.13. The van der Waals surface area contributed by atoms with Gasteiger partial charge >= 0.3 is 5.97 Å². The average Bonchev–Trinajstić information content (AvgIpc) is 2.37. The molecule has 6 heteroatoms. The van der Waals surface area contributed by atoms with E-state index in [1.54, 1.807) is 0 Å². The highest BCUT2D eigenvalue weighted by atomic mass is 16.4. The van der Waals surface area contributed by atoms with Crippen LogP contribution < -0.4 is 5.32 Å². The largest absolute Gasteiger partial charge is 0.478 e. The maximum Gasteiger partial charge on any atom is 0.339 e. The van der Waals surface area contributed by atoms with E-state index in [-0.39, 0.29) is 11.7 Å². The van der Waals surface area contributed by atoms with Crippen molar-refractivity contribution in [2.24, 2.45) is 5.92 Å². The fraction of sp³-hybridized carbons (Fsp3) is 0.583. The van der Waals surface area contributed by atoms with Crippen molar-refractivity contribution in [2.75, 3.05) is 11.9 Å². The van der Waals surface area contributed by atoms with Crippen molar-refractivity contribution >= 4 is 11.8 Å². The molecule has 0 saturated heterocycles. The van der Waals surface area contributed by atoms with Gasteiger partial charge in [0.1, 0.15) is 5.56 Å². The molecule has 1 aliphatic rings. The quantitative estimate of drug-likeness (QED) is 0.742. The molecule has 2 unspecified atom stereocenters. The number of nitrogens with one attached hydrogen (secondary N) is 1. The van der Waals surface area contributed by atoms with Crippen LogP contribution in [0, 0.1) is 5.92 Å². The average molecular weight is 251 g/mol. The Bertz CT molecular complexity index is 425. The molecule has 2 rings (SSSR count). The molecule has 0 aromatic carbocycles. The van der Waals surface area contributed by atoms with Crippen LogP contribution in [0.4, 0.5) is 5.82 Å². The molecule has 0 radical (unpaired) electrons. The first kappa shape index (κ1) is 12.8. The lowest BCUT2D eigenvalue weighted by Gasteiger charge is -2.26. The van der Waals surface area contributed by atoms with Crippen molar-refractivity contribution < 1.29 is 15.0 Å². The van der Waals surface area contributed by atoms with Gasteiger partial charge in [-0.05, 0) is 31.2 Å². The van der Waals surface area contributed by atoms with E-state index in [0.29, 0.717) is 18.3 Å². The Hall–Kier alpha value is -1.69. The molecule has 3 N–H and O–H groups in total. The van der Waals surface area contributed by atoms with E-state index in [9.17, 15) is 9.90 Å². The van der Waals surface area contributed by atoms with Crippen molar-refractivity contribution in [3.05, 3.63) is 17.8 Å². The van der Waals surface area contributed by atoms with Gasteiger partial charge in [0.25, 0.3) is 0 Å². The Morgan fingerprint density at radius 2 is 2.33 bits per heavy atom. The van der Waals surface area contributed by atoms with Crippen LogP contribution in [0.15, 0.2) is 12.3 Å². The first-order chi connectivity index (χ1) is 8.66. The second kappa shape index (κ2) is 5.77. The van der Waals surface area contributed by atoms with Crippen molar-refractivity contribution in [1.29, 1.82) is 0 Å². The molecule has 0 spiro atoms. The minimum Gasteiger partial charge on any atom is -0.478 e. The Balaban J connectivity index is 1.95. The zero-order valence-corrected chi connectivity index (χ0v) is 10.0. The molecule has 2 atom stereocenters. The molecule has 1 heterocycles. The van der Waals surface area contributed by atoms with Gasteiger partial charge < -0.3 is 15.5 Å². The number of aliphatic hydroxyl groups is 1. The molecule has 0 amide bonds. The summed E-state index contributed by atoms with van der Waals surface area (Å²) in [6.45, 7) is 0.621. The number of rotatable bonds is 4. The lowest BCUT2D eigenvalue weighted by Crippen LogP contribution is -2.25. The number of hydrogen-bond acceptors (Lipinski definition) is 5. The summed E-state index contributed by atoms with van der Waals surface area (Å²) < 4.78 is 0. The number of anilines is 1. The third kappa shape index (κ3) is 3.16. The van der Waals surface area contributed by atoms with Crippen LogP contribution >= 0.6 is 0 Å². The topological polar surface area (TPSA) is 95.3 Å². The molecular formula is C12H17N3O3. The van der Waals surface area contributed by atoms with Crippen LogP contribution in [0.2, 0.25) is 0 Å². The normalized spacial score (nSPS) is 23.6. The molecule has 1 fully saturated rings. The number of carboxylic acids is 1. The summed E-state index contributed by atoms with van der Waals surface area (Å²) in [5, 5.41) is 29.1. The SMILES string of the molecule is O=C(O)c1ccnnc1NCC1CCCC(O)C1. The fourth-order valence-electron chi connectivity index (χ4n) is 2.32. The van der Waals surface area contributed by atoms with Gasteiger partial charge in [0.2, 0.25) is 0 Å². The molecule has 1 saturated carbocycles. The lowest BCUT2D eigenvalue weighted by atomic mass is 9.87. The second-order valence-corrected chi connectivity index (χ2v) is 4.67. The summed E-state index contributed by atoms with van der Waals surface area (Å²) in [6, 6.07) is 1.42. The van der Waals surface area contributed by atoms with Gasteiger partial charge in [0, 0.05) is 6.54 Å². The molecule has 0 bridgehead atoms. The summed E-state index contributed by atoms with van der Waals surface area (Å²) in [4.78, 5) is 11.0. The Labute approximate surface area is 105 Å². The molecule has 1 aromatic heterocycles. The predicted molar refractivity (Wildman–Crippen MR) is 65.4 cm³/mol. The summed E-state index contributed by atoms with van der Waals surface area (Å²) in [5.41, 5.74) is 0.126. The smallest absolute Gasteiger partial charge is 0.339 e. The third-order valence-corrected chi connectivity index (χ3v) is 3.26. The number of hydrogen-bond donors (Lipinski definition) is 3. The summed E-state index contributed by atoms with van der Waals surface area (Å²) in [6.07, 6.45) is 4.81. The van der Waals surface area contributed by atoms with E-state index in [0.717, 1.165) is 25.7 Å². The minimum absolute atomic E-state index is 0.126. The fourth-order valence-corrected chi connectivity index (χ4v) is 2.32. The Morgan fingerprint density at radius 3 is 3.06 bits per heavy atom. The van der Waals surface area contributed by atoms with E-state index in [1.165, 1.54) is 12.3 Å². The zero-order valence-electron chi connectivity index (χ0n) is 10.0. The predicted octanol–water partition coefficient (Wildman–Crippen LogP) is 1.14. The first-order valence-electron chi connectivity index (χ1n) is 6.13. The van der Waals surface area contributed by atoms with Crippen LogP contribution in [0.3, 0.4) is 0 Å². The molecule has 6 nitrogen and oxygen atoms in total. The van der Waals surface area contributed by atoms with Gasteiger partial charge in [-0.1, -0.05) is 6.42 Å².